The van der Waals surface area contributed by atoms with E-state index in [0.29, 0.717) is 22.8 Å². The van der Waals surface area contributed by atoms with Crippen LogP contribution in [0.15, 0.2) is 54.4 Å². The van der Waals surface area contributed by atoms with Gasteiger partial charge in [0.25, 0.3) is 5.91 Å². The number of ether oxygens (including phenoxy) is 2. The van der Waals surface area contributed by atoms with Gasteiger partial charge in [0.05, 0.1) is 11.3 Å². The summed E-state index contributed by atoms with van der Waals surface area (Å²) in [6, 6.07) is 11.0. The highest BCUT2D eigenvalue weighted by molar-refractivity contribution is 6.05. The summed E-state index contributed by atoms with van der Waals surface area (Å²) in [6.45, 7) is 1.67. The second-order valence-corrected chi connectivity index (χ2v) is 8.42. The number of aromatic nitrogens is 5. The Morgan fingerprint density at radius 3 is 2.64 bits per heavy atom. The number of aliphatic hydroxyl groups excluding tert-OH is 1. The molecule has 1 aromatic carbocycles. The first-order chi connectivity index (χ1) is 17.5. The van der Waals surface area contributed by atoms with E-state index in [-0.39, 0.29) is 36.4 Å². The quantitative estimate of drug-likeness (QED) is 0.286. The Balaban J connectivity index is 1.42. The van der Waals surface area contributed by atoms with Crippen LogP contribution in [-0.2, 0) is 11.3 Å². The number of pyridine rings is 1. The third kappa shape index (κ3) is 4.60. The zero-order chi connectivity index (χ0) is 25.1. The molecule has 0 aliphatic carbocycles. The lowest BCUT2D eigenvalue weighted by molar-refractivity contribution is 0.0792. The van der Waals surface area contributed by atoms with Crippen molar-refractivity contribution >= 4 is 28.0 Å². The Hall–Kier alpha value is -4.38. The van der Waals surface area contributed by atoms with Crippen molar-refractivity contribution in [3.63, 3.8) is 0 Å². The van der Waals surface area contributed by atoms with Crippen LogP contribution in [0.1, 0.15) is 34.7 Å². The van der Waals surface area contributed by atoms with Gasteiger partial charge >= 0.3 is 0 Å². The zero-order valence-electron chi connectivity index (χ0n) is 19.7. The molecule has 2 N–H and O–H groups in total. The van der Waals surface area contributed by atoms with Crippen molar-refractivity contribution in [1.82, 2.24) is 29.7 Å². The average Bonchev–Trinajstić information content (AvgIpc) is 3.58. The molecule has 0 saturated carbocycles. The summed E-state index contributed by atoms with van der Waals surface area (Å²) in [5, 5.41) is 32.6. The summed E-state index contributed by atoms with van der Waals surface area (Å²) in [6.07, 6.45) is 4.89. The maximum Gasteiger partial charge on any atom is 0.255 e. The number of carbonyl (C=O) groups excluding carboxylic acids is 1. The van der Waals surface area contributed by atoms with Crippen LogP contribution in [0.25, 0.3) is 16.4 Å². The SMILES string of the molecule is COC/C(O)=C/C(=N)c1nnc2c3ccccc3c(OCc3ccc(C(=O)N4CCCC4)cn3)nn12. The fourth-order valence-electron chi connectivity index (χ4n) is 4.13. The van der Waals surface area contributed by atoms with Crippen LogP contribution in [-0.4, -0.2) is 73.2 Å². The van der Waals surface area contributed by atoms with Crippen molar-refractivity contribution in [2.24, 2.45) is 0 Å². The van der Waals surface area contributed by atoms with Crippen LogP contribution in [0.3, 0.4) is 0 Å². The van der Waals surface area contributed by atoms with Gasteiger partial charge in [-0.3, -0.25) is 15.2 Å². The highest BCUT2D eigenvalue weighted by Gasteiger charge is 2.20. The van der Waals surface area contributed by atoms with Gasteiger partial charge in [0.15, 0.2) is 5.65 Å². The van der Waals surface area contributed by atoms with Crippen molar-refractivity contribution < 1.29 is 19.4 Å². The average molecular weight is 488 g/mol. The summed E-state index contributed by atoms with van der Waals surface area (Å²) in [5.41, 5.74) is 1.58. The van der Waals surface area contributed by atoms with Gasteiger partial charge in [-0.15, -0.1) is 15.3 Å². The number of carbonyl (C=O) groups is 1. The minimum atomic E-state index is -0.116. The third-order valence-corrected chi connectivity index (χ3v) is 5.90. The molecule has 1 aliphatic rings. The van der Waals surface area contributed by atoms with Gasteiger partial charge in [-0.1, -0.05) is 18.2 Å². The molecule has 36 heavy (non-hydrogen) atoms. The number of hydrogen-bond acceptors (Lipinski definition) is 9. The van der Waals surface area contributed by atoms with Crippen LogP contribution in [0.4, 0.5) is 0 Å². The van der Waals surface area contributed by atoms with Crippen LogP contribution in [0.2, 0.25) is 0 Å². The molecule has 4 aromatic rings. The molecule has 0 spiro atoms. The van der Waals surface area contributed by atoms with E-state index in [1.165, 1.54) is 17.7 Å². The first kappa shape index (κ1) is 23.4. The molecule has 11 heteroatoms. The fraction of sp³-hybridized carbons (Fsp3) is 0.280. The molecule has 0 atom stereocenters. The van der Waals surface area contributed by atoms with Crippen LogP contribution in [0, 0.1) is 5.41 Å². The van der Waals surface area contributed by atoms with Gasteiger partial charge in [-0.05, 0) is 31.0 Å². The van der Waals surface area contributed by atoms with Gasteiger partial charge in [-0.2, -0.15) is 4.52 Å². The molecule has 3 aromatic heterocycles. The van der Waals surface area contributed by atoms with Gasteiger partial charge in [-0.25, -0.2) is 0 Å². The van der Waals surface area contributed by atoms with Crippen LogP contribution >= 0.6 is 0 Å². The summed E-state index contributed by atoms with van der Waals surface area (Å²) in [7, 11) is 1.45. The van der Waals surface area contributed by atoms with E-state index in [4.69, 9.17) is 14.9 Å². The van der Waals surface area contributed by atoms with Crippen LogP contribution in [0.5, 0.6) is 5.88 Å². The molecule has 0 unspecified atom stereocenters. The number of nitrogens with zero attached hydrogens (tertiary/aromatic N) is 6. The predicted molar refractivity (Wildman–Crippen MR) is 131 cm³/mol. The largest absolute Gasteiger partial charge is 0.510 e. The smallest absolute Gasteiger partial charge is 0.255 e. The van der Waals surface area contributed by atoms with Crippen molar-refractivity contribution in [2.75, 3.05) is 26.8 Å². The number of allylic oxidation sites excluding steroid dienone is 1. The van der Waals surface area contributed by atoms with E-state index in [1.807, 2.05) is 29.2 Å². The van der Waals surface area contributed by atoms with E-state index in [1.54, 1.807) is 18.3 Å². The van der Waals surface area contributed by atoms with E-state index in [2.05, 4.69) is 20.3 Å². The number of benzene rings is 1. The van der Waals surface area contributed by atoms with Crippen molar-refractivity contribution in [1.29, 1.82) is 5.41 Å². The summed E-state index contributed by atoms with van der Waals surface area (Å²) in [4.78, 5) is 18.8. The zero-order valence-corrected chi connectivity index (χ0v) is 19.7. The number of fused-ring (bicyclic) bond motifs is 3. The molecule has 11 nitrogen and oxygen atoms in total. The minimum absolute atomic E-state index is 0.00116. The number of aliphatic hydroxyl groups is 1. The van der Waals surface area contributed by atoms with Crippen molar-refractivity contribution in [3.8, 4) is 5.88 Å². The van der Waals surface area contributed by atoms with Gasteiger partial charge in [0.1, 0.15) is 24.7 Å². The van der Waals surface area contributed by atoms with Crippen molar-refractivity contribution in [3.05, 3.63) is 71.5 Å². The highest BCUT2D eigenvalue weighted by Crippen LogP contribution is 2.27. The lowest BCUT2D eigenvalue weighted by atomic mass is 10.2. The number of rotatable bonds is 8. The minimum Gasteiger partial charge on any atom is -0.510 e. The maximum atomic E-state index is 12.6. The molecule has 4 heterocycles. The molecule has 5 rings (SSSR count). The first-order valence-corrected chi connectivity index (χ1v) is 11.5. The van der Waals surface area contributed by atoms with E-state index in [0.717, 1.165) is 36.7 Å². The first-order valence-electron chi connectivity index (χ1n) is 11.5. The standard InChI is InChI=1S/C25H25N7O4/c1-35-15-18(33)12-21(26)23-29-28-22-19-6-2-3-7-20(19)24(30-32(22)23)36-14-17-9-8-16(13-27-17)25(34)31-10-4-5-11-31/h2-3,6-9,12-13,26,33H,4-5,10-11,14-15H2,1H3/b18-12-,26-21?. The fourth-order valence-corrected chi connectivity index (χ4v) is 4.13. The number of likely N-dealkylation sites (tertiary alicyclic amines) is 1. The topological polar surface area (TPSA) is 139 Å². The van der Waals surface area contributed by atoms with E-state index < -0.39 is 0 Å². The van der Waals surface area contributed by atoms with Gasteiger partial charge < -0.3 is 19.5 Å². The molecule has 1 amide bonds. The molecule has 0 radical (unpaired) electrons. The lowest BCUT2D eigenvalue weighted by Crippen LogP contribution is -2.27. The summed E-state index contributed by atoms with van der Waals surface area (Å²) >= 11 is 0. The van der Waals surface area contributed by atoms with Crippen LogP contribution < -0.4 is 4.74 Å². The number of hydrogen-bond donors (Lipinski definition) is 2. The molecule has 1 saturated heterocycles. The molecule has 0 bridgehead atoms. The third-order valence-electron chi connectivity index (χ3n) is 5.90. The molecule has 184 valence electrons. The number of nitrogens with one attached hydrogen (secondary N) is 1. The number of methoxy groups -OCH3 is 1. The highest BCUT2D eigenvalue weighted by atomic mass is 16.5. The van der Waals surface area contributed by atoms with E-state index in [9.17, 15) is 9.90 Å². The summed E-state index contributed by atoms with van der Waals surface area (Å²) in [5.74, 6) is 0.343. The Kier molecular flexibility index (Phi) is 6.54. The lowest BCUT2D eigenvalue weighted by Gasteiger charge is -2.15. The second-order valence-electron chi connectivity index (χ2n) is 8.42. The normalized spacial score (nSPS) is 14.0. The molecular weight excluding hydrogens is 462 g/mol. The Bertz CT molecular complexity index is 1460. The molecule has 1 aliphatic heterocycles. The second kappa shape index (κ2) is 10.1. The monoisotopic (exact) mass is 487 g/mol. The Morgan fingerprint density at radius 2 is 1.92 bits per heavy atom. The Morgan fingerprint density at radius 1 is 1.14 bits per heavy atom. The maximum absolute atomic E-state index is 12.6. The molecule has 1 fully saturated rings. The van der Waals surface area contributed by atoms with Crippen molar-refractivity contribution in [2.45, 2.75) is 19.4 Å². The van der Waals surface area contributed by atoms with E-state index >= 15 is 0 Å². The van der Waals surface area contributed by atoms with Gasteiger partial charge in [0, 0.05) is 43.2 Å². The summed E-state index contributed by atoms with van der Waals surface area (Å²) < 4.78 is 12.3. The Labute approximate surface area is 206 Å². The number of amides is 1. The van der Waals surface area contributed by atoms with Gasteiger partial charge in [0.2, 0.25) is 11.7 Å². The molecular formula is C25H25N7O4. The predicted octanol–water partition coefficient (Wildman–Crippen LogP) is 2.94.